The quantitative estimate of drug-likeness (QED) is 0.445. The number of aromatic nitrogens is 4. The molecule has 0 bridgehead atoms. The molecule has 1 aromatic carbocycles. The number of benzene rings is 1. The largest absolute Gasteiger partial charge is 0.338 e. The van der Waals surface area contributed by atoms with Crippen molar-refractivity contribution in [3.05, 3.63) is 73.1 Å². The van der Waals surface area contributed by atoms with Crippen molar-refractivity contribution < 1.29 is 8.60 Å². The minimum Gasteiger partial charge on any atom is -0.338 e. The molecule has 4 aromatic heterocycles. The fourth-order valence-electron chi connectivity index (χ4n) is 3.61. The van der Waals surface area contributed by atoms with Crippen LogP contribution in [0.25, 0.3) is 44.3 Å². The number of H-pyrrole nitrogens is 1. The number of fused-ring (bicyclic) bond motifs is 3. The van der Waals surface area contributed by atoms with E-state index in [2.05, 4.69) is 24.7 Å². The van der Waals surface area contributed by atoms with Crippen LogP contribution in [-0.4, -0.2) is 30.4 Å². The van der Waals surface area contributed by atoms with Crippen LogP contribution in [-0.2, 0) is 11.0 Å². The van der Waals surface area contributed by atoms with E-state index in [0.29, 0.717) is 27.8 Å². The lowest BCUT2D eigenvalue weighted by Crippen LogP contribution is -2.03. The van der Waals surface area contributed by atoms with Crippen LogP contribution < -0.4 is 4.72 Å². The average molecular weight is 417 g/mol. The van der Waals surface area contributed by atoms with Gasteiger partial charge in [0.2, 0.25) is 0 Å². The van der Waals surface area contributed by atoms with Crippen molar-refractivity contribution in [2.24, 2.45) is 0 Å². The van der Waals surface area contributed by atoms with E-state index >= 15 is 4.39 Å². The lowest BCUT2D eigenvalue weighted by atomic mass is 9.99. The molecule has 1 unspecified atom stereocenters. The van der Waals surface area contributed by atoms with Crippen molar-refractivity contribution in [2.75, 3.05) is 11.0 Å². The summed E-state index contributed by atoms with van der Waals surface area (Å²) >= 11 is 0. The van der Waals surface area contributed by atoms with Crippen LogP contribution in [0.2, 0.25) is 0 Å². The maximum Gasteiger partial charge on any atom is 0.150 e. The minimum absolute atomic E-state index is 0.392. The molecule has 6 nitrogen and oxygen atoms in total. The second-order valence-corrected chi connectivity index (χ2v) is 7.90. The number of nitrogens with zero attached hydrogens (tertiary/aromatic N) is 3. The highest BCUT2D eigenvalue weighted by molar-refractivity contribution is 7.85. The monoisotopic (exact) mass is 417 g/mol. The Morgan fingerprint density at radius 3 is 2.73 bits per heavy atom. The first-order valence-corrected chi connectivity index (χ1v) is 10.7. The zero-order chi connectivity index (χ0) is 20.7. The van der Waals surface area contributed by atoms with E-state index < -0.39 is 16.8 Å². The van der Waals surface area contributed by atoms with Crippen LogP contribution in [0.4, 0.5) is 10.1 Å². The minimum atomic E-state index is -1.30. The molecule has 0 aliphatic rings. The van der Waals surface area contributed by atoms with Gasteiger partial charge in [-0.2, -0.15) is 0 Å². The van der Waals surface area contributed by atoms with Gasteiger partial charge in [-0.3, -0.25) is 9.97 Å². The fraction of sp³-hybridized carbons (Fsp3) is 0.0455. The lowest BCUT2D eigenvalue weighted by molar-refractivity contribution is 0.627. The zero-order valence-electron chi connectivity index (χ0n) is 15.9. The molecule has 8 heteroatoms. The van der Waals surface area contributed by atoms with Gasteiger partial charge < -0.3 is 9.71 Å². The molecule has 148 valence electrons. The predicted octanol–water partition coefficient (Wildman–Crippen LogP) is 4.68. The first kappa shape index (κ1) is 18.4. The van der Waals surface area contributed by atoms with Crippen LogP contribution in [0.1, 0.15) is 0 Å². The van der Waals surface area contributed by atoms with Crippen molar-refractivity contribution in [1.82, 2.24) is 19.9 Å². The number of hydrogen-bond donors (Lipinski definition) is 2. The lowest BCUT2D eigenvalue weighted by Gasteiger charge is -2.12. The van der Waals surface area contributed by atoms with Gasteiger partial charge in [-0.05, 0) is 24.3 Å². The highest BCUT2D eigenvalue weighted by Gasteiger charge is 2.19. The number of hydrogen-bond acceptors (Lipinski definition) is 4. The summed E-state index contributed by atoms with van der Waals surface area (Å²) in [4.78, 5) is 16.1. The fourth-order valence-corrected chi connectivity index (χ4v) is 4.10. The maximum atomic E-state index is 15.1. The SMILES string of the molecule is CS(=O)Nc1ccccc1-c1c(F)cnc2[nH]c3cnc(-c4cccnc4)cc3c12. The summed E-state index contributed by atoms with van der Waals surface area (Å²) in [5, 5.41) is 1.45. The summed E-state index contributed by atoms with van der Waals surface area (Å²) in [7, 11) is -1.30. The molecule has 2 N–H and O–H groups in total. The molecule has 5 aromatic rings. The summed E-state index contributed by atoms with van der Waals surface area (Å²) < 4.78 is 29.8. The van der Waals surface area contributed by atoms with Gasteiger partial charge in [0.1, 0.15) is 22.5 Å². The third-order valence-corrected chi connectivity index (χ3v) is 5.37. The van der Waals surface area contributed by atoms with Gasteiger partial charge in [-0.1, -0.05) is 18.2 Å². The molecule has 0 saturated carbocycles. The third-order valence-electron chi connectivity index (χ3n) is 4.87. The summed E-state index contributed by atoms with van der Waals surface area (Å²) in [6, 6.07) is 12.9. The van der Waals surface area contributed by atoms with E-state index in [1.54, 1.807) is 30.7 Å². The third kappa shape index (κ3) is 3.11. The van der Waals surface area contributed by atoms with Crippen LogP contribution in [0, 0.1) is 5.82 Å². The number of nitrogens with one attached hydrogen (secondary N) is 2. The Morgan fingerprint density at radius 2 is 1.93 bits per heavy atom. The number of aromatic amines is 1. The van der Waals surface area contributed by atoms with E-state index in [1.165, 1.54) is 12.5 Å². The molecule has 0 radical (unpaired) electrons. The molecule has 0 amide bonds. The molecule has 0 saturated heterocycles. The number of anilines is 1. The Bertz CT molecular complexity index is 1420. The Kier molecular flexibility index (Phi) is 4.48. The topological polar surface area (TPSA) is 83.6 Å². The van der Waals surface area contributed by atoms with E-state index in [0.717, 1.165) is 22.2 Å². The van der Waals surface area contributed by atoms with Crippen LogP contribution in [0.3, 0.4) is 0 Å². The standard InChI is InChI=1S/C22H16FN5OS/c1-30(29)28-17-7-3-2-6-14(17)20-16(23)11-26-22-21(20)15-9-18(25-12-19(15)27-22)13-5-4-8-24-10-13/h2-12,28H,1H3,(H,26,27). The Hall–Kier alpha value is -3.65. The first-order chi connectivity index (χ1) is 14.6. The molecule has 1 atom stereocenters. The van der Waals surface area contributed by atoms with E-state index in [4.69, 9.17) is 0 Å². The molecule has 0 aliphatic heterocycles. The molecule has 0 fully saturated rings. The second kappa shape index (κ2) is 7.31. The first-order valence-electron chi connectivity index (χ1n) is 9.17. The van der Waals surface area contributed by atoms with Crippen LogP contribution in [0.5, 0.6) is 0 Å². The van der Waals surface area contributed by atoms with Crippen LogP contribution >= 0.6 is 0 Å². The average Bonchev–Trinajstić information content (AvgIpc) is 3.12. The van der Waals surface area contributed by atoms with Gasteiger partial charge in [-0.15, -0.1) is 0 Å². The van der Waals surface area contributed by atoms with Gasteiger partial charge in [0.05, 0.1) is 29.3 Å². The molecule has 5 rings (SSSR count). The zero-order valence-corrected chi connectivity index (χ0v) is 16.7. The molecule has 0 spiro atoms. The number of pyridine rings is 3. The number of rotatable bonds is 4. The second-order valence-electron chi connectivity index (χ2n) is 6.79. The van der Waals surface area contributed by atoms with Crippen molar-refractivity contribution >= 4 is 38.6 Å². The molecule has 30 heavy (non-hydrogen) atoms. The summed E-state index contributed by atoms with van der Waals surface area (Å²) in [6.45, 7) is 0. The molecular formula is C22H16FN5OS. The van der Waals surface area contributed by atoms with Gasteiger partial charge >= 0.3 is 0 Å². The molecule has 4 heterocycles. The van der Waals surface area contributed by atoms with Crippen molar-refractivity contribution in [3.63, 3.8) is 0 Å². The van der Waals surface area contributed by atoms with Gasteiger partial charge in [0.15, 0.2) is 0 Å². The van der Waals surface area contributed by atoms with Gasteiger partial charge in [0.25, 0.3) is 0 Å². The van der Waals surface area contributed by atoms with Gasteiger partial charge in [0, 0.05) is 46.1 Å². The highest BCUT2D eigenvalue weighted by atomic mass is 32.2. The van der Waals surface area contributed by atoms with E-state index in [-0.39, 0.29) is 0 Å². The van der Waals surface area contributed by atoms with Crippen molar-refractivity contribution in [3.8, 4) is 22.4 Å². The summed E-state index contributed by atoms with van der Waals surface area (Å²) in [6.07, 6.45) is 7.88. The Morgan fingerprint density at radius 1 is 1.07 bits per heavy atom. The normalized spacial score (nSPS) is 12.3. The van der Waals surface area contributed by atoms with Crippen molar-refractivity contribution in [1.29, 1.82) is 0 Å². The summed E-state index contributed by atoms with van der Waals surface area (Å²) in [5.74, 6) is -0.459. The Labute approximate surface area is 173 Å². The van der Waals surface area contributed by atoms with Crippen LogP contribution in [0.15, 0.2) is 67.3 Å². The smallest absolute Gasteiger partial charge is 0.150 e. The highest BCUT2D eigenvalue weighted by Crippen LogP contribution is 2.39. The number of halogens is 1. The Balaban J connectivity index is 1.83. The summed E-state index contributed by atoms with van der Waals surface area (Å²) in [5.41, 5.74) is 4.48. The van der Waals surface area contributed by atoms with Gasteiger partial charge in [-0.25, -0.2) is 13.6 Å². The molecule has 0 aliphatic carbocycles. The van der Waals surface area contributed by atoms with Crippen molar-refractivity contribution in [2.45, 2.75) is 0 Å². The number of para-hydroxylation sites is 1. The predicted molar refractivity (Wildman–Crippen MR) is 118 cm³/mol. The van der Waals surface area contributed by atoms with E-state index in [9.17, 15) is 4.21 Å². The maximum absolute atomic E-state index is 15.1. The molecular weight excluding hydrogens is 401 g/mol. The van der Waals surface area contributed by atoms with E-state index in [1.807, 2.05) is 30.3 Å².